The molecule has 94 valence electrons. The third-order valence-corrected chi connectivity index (χ3v) is 2.45. The molecule has 0 radical (unpaired) electrons. The molecule has 0 bridgehead atoms. The number of aryl methyl sites for hydroxylation is 1. The van der Waals surface area contributed by atoms with Gasteiger partial charge in [0.15, 0.2) is 5.82 Å². The molecule has 0 saturated carbocycles. The zero-order chi connectivity index (χ0) is 13.0. The Balaban J connectivity index is 1.94. The third kappa shape index (κ3) is 3.07. The average molecular weight is 247 g/mol. The Morgan fingerprint density at radius 1 is 1.39 bits per heavy atom. The van der Waals surface area contributed by atoms with Gasteiger partial charge in [0.1, 0.15) is 18.7 Å². The minimum atomic E-state index is -0.845. The SMILES string of the molecule is Cn1ncnc1COc1ccc(CC(=O)O)cc1. The minimum absolute atomic E-state index is 0.0174. The molecule has 6 nitrogen and oxygen atoms in total. The van der Waals surface area contributed by atoms with Gasteiger partial charge in [0.05, 0.1) is 6.42 Å². The van der Waals surface area contributed by atoms with E-state index in [9.17, 15) is 4.79 Å². The van der Waals surface area contributed by atoms with Crippen molar-refractivity contribution >= 4 is 5.97 Å². The Morgan fingerprint density at radius 2 is 2.11 bits per heavy atom. The van der Waals surface area contributed by atoms with Crippen molar-refractivity contribution in [1.82, 2.24) is 14.8 Å². The van der Waals surface area contributed by atoms with Gasteiger partial charge in [-0.3, -0.25) is 9.48 Å². The summed E-state index contributed by atoms with van der Waals surface area (Å²) in [6.07, 6.45) is 1.48. The number of carbonyl (C=O) groups is 1. The molecule has 0 amide bonds. The van der Waals surface area contributed by atoms with E-state index in [1.165, 1.54) is 6.33 Å². The number of benzene rings is 1. The van der Waals surface area contributed by atoms with Crippen LogP contribution in [0.3, 0.4) is 0 Å². The highest BCUT2D eigenvalue weighted by molar-refractivity contribution is 5.70. The van der Waals surface area contributed by atoms with Gasteiger partial charge < -0.3 is 9.84 Å². The number of aromatic nitrogens is 3. The Kier molecular flexibility index (Phi) is 3.57. The van der Waals surface area contributed by atoms with Gasteiger partial charge in [0, 0.05) is 7.05 Å². The standard InChI is InChI=1S/C12H13N3O3/c1-15-11(13-8-14-15)7-18-10-4-2-9(3-5-10)6-12(16)17/h2-5,8H,6-7H2,1H3,(H,16,17). The molecule has 0 aliphatic rings. The van der Waals surface area contributed by atoms with Crippen LogP contribution in [-0.2, 0) is 24.9 Å². The van der Waals surface area contributed by atoms with Crippen molar-refractivity contribution < 1.29 is 14.6 Å². The number of rotatable bonds is 5. The molecule has 1 aromatic carbocycles. The van der Waals surface area contributed by atoms with E-state index in [4.69, 9.17) is 9.84 Å². The fraction of sp³-hybridized carbons (Fsp3) is 0.250. The second-order valence-corrected chi connectivity index (χ2v) is 3.80. The number of nitrogens with zero attached hydrogens (tertiary/aromatic N) is 3. The van der Waals surface area contributed by atoms with Crippen LogP contribution in [0.4, 0.5) is 0 Å². The first-order valence-corrected chi connectivity index (χ1v) is 5.41. The predicted octanol–water partition coefficient (Wildman–Crippen LogP) is 1.02. The first kappa shape index (κ1) is 12.1. The van der Waals surface area contributed by atoms with Crippen LogP contribution in [-0.4, -0.2) is 25.8 Å². The average Bonchev–Trinajstić information content (AvgIpc) is 2.73. The summed E-state index contributed by atoms with van der Waals surface area (Å²) in [6.45, 7) is 0.328. The Morgan fingerprint density at radius 3 is 2.67 bits per heavy atom. The van der Waals surface area contributed by atoms with Gasteiger partial charge in [-0.2, -0.15) is 5.10 Å². The zero-order valence-electron chi connectivity index (χ0n) is 9.91. The lowest BCUT2D eigenvalue weighted by Crippen LogP contribution is -2.04. The first-order valence-electron chi connectivity index (χ1n) is 5.41. The van der Waals surface area contributed by atoms with Gasteiger partial charge in [0.2, 0.25) is 0 Å². The summed E-state index contributed by atoms with van der Waals surface area (Å²) >= 11 is 0. The molecule has 0 fully saturated rings. The highest BCUT2D eigenvalue weighted by Gasteiger charge is 2.03. The summed E-state index contributed by atoms with van der Waals surface area (Å²) in [5.41, 5.74) is 0.744. The number of carboxylic acid groups (broad SMARTS) is 1. The molecular formula is C12H13N3O3. The van der Waals surface area contributed by atoms with Crippen LogP contribution in [0.25, 0.3) is 0 Å². The van der Waals surface area contributed by atoms with Crippen LogP contribution in [0, 0.1) is 0 Å². The largest absolute Gasteiger partial charge is 0.486 e. The van der Waals surface area contributed by atoms with E-state index in [2.05, 4.69) is 10.1 Å². The molecule has 1 N–H and O–H groups in total. The maximum atomic E-state index is 10.5. The number of carboxylic acids is 1. The van der Waals surface area contributed by atoms with E-state index in [0.29, 0.717) is 12.4 Å². The second kappa shape index (κ2) is 5.31. The van der Waals surface area contributed by atoms with Gasteiger partial charge in [-0.25, -0.2) is 4.98 Å². The lowest BCUT2D eigenvalue weighted by Gasteiger charge is -2.06. The summed E-state index contributed by atoms with van der Waals surface area (Å²) in [6, 6.07) is 6.96. The smallest absolute Gasteiger partial charge is 0.307 e. The molecule has 0 unspecified atom stereocenters. The highest BCUT2D eigenvalue weighted by atomic mass is 16.5. The number of hydrogen-bond donors (Lipinski definition) is 1. The molecule has 1 aromatic heterocycles. The van der Waals surface area contributed by atoms with Gasteiger partial charge in [-0.05, 0) is 17.7 Å². The van der Waals surface area contributed by atoms with Crippen LogP contribution in [0.15, 0.2) is 30.6 Å². The molecule has 0 atom stereocenters. The molecule has 18 heavy (non-hydrogen) atoms. The Bertz CT molecular complexity index is 534. The fourth-order valence-corrected chi connectivity index (χ4v) is 1.48. The monoisotopic (exact) mass is 247 g/mol. The van der Waals surface area contributed by atoms with Crippen molar-refractivity contribution in [2.24, 2.45) is 7.05 Å². The topological polar surface area (TPSA) is 77.2 Å². The van der Waals surface area contributed by atoms with Crippen molar-refractivity contribution in [3.8, 4) is 5.75 Å². The van der Waals surface area contributed by atoms with Crippen LogP contribution in [0.5, 0.6) is 5.75 Å². The summed E-state index contributed by atoms with van der Waals surface area (Å²) in [7, 11) is 1.79. The third-order valence-electron chi connectivity index (χ3n) is 2.45. The van der Waals surface area contributed by atoms with E-state index < -0.39 is 5.97 Å². The maximum absolute atomic E-state index is 10.5. The van der Waals surface area contributed by atoms with Crippen molar-refractivity contribution in [2.45, 2.75) is 13.0 Å². The maximum Gasteiger partial charge on any atom is 0.307 e. The minimum Gasteiger partial charge on any atom is -0.486 e. The number of aliphatic carboxylic acids is 1. The van der Waals surface area contributed by atoms with Gasteiger partial charge in [-0.15, -0.1) is 0 Å². The fourth-order valence-electron chi connectivity index (χ4n) is 1.48. The second-order valence-electron chi connectivity index (χ2n) is 3.80. The van der Waals surface area contributed by atoms with E-state index >= 15 is 0 Å². The van der Waals surface area contributed by atoms with E-state index in [0.717, 1.165) is 11.4 Å². The predicted molar refractivity (Wildman–Crippen MR) is 63.1 cm³/mol. The summed E-state index contributed by atoms with van der Waals surface area (Å²) in [5.74, 6) is 0.555. The molecule has 6 heteroatoms. The lowest BCUT2D eigenvalue weighted by atomic mass is 10.1. The summed E-state index contributed by atoms with van der Waals surface area (Å²) in [5, 5.41) is 12.6. The molecule has 0 aliphatic carbocycles. The summed E-state index contributed by atoms with van der Waals surface area (Å²) in [4.78, 5) is 14.6. The van der Waals surface area contributed by atoms with E-state index in [1.54, 1.807) is 36.0 Å². The molecule has 2 aromatic rings. The molecule has 2 rings (SSSR count). The number of ether oxygens (including phenoxy) is 1. The van der Waals surface area contributed by atoms with E-state index in [1.807, 2.05) is 0 Å². The van der Waals surface area contributed by atoms with Gasteiger partial charge in [-0.1, -0.05) is 12.1 Å². The van der Waals surface area contributed by atoms with Crippen LogP contribution in [0.2, 0.25) is 0 Å². The molecule has 0 saturated heterocycles. The molecule has 0 aliphatic heterocycles. The van der Waals surface area contributed by atoms with Crippen LogP contribution in [0.1, 0.15) is 11.4 Å². The highest BCUT2D eigenvalue weighted by Crippen LogP contribution is 2.13. The number of hydrogen-bond acceptors (Lipinski definition) is 4. The van der Waals surface area contributed by atoms with Crippen molar-refractivity contribution in [1.29, 1.82) is 0 Å². The Labute approximate surface area is 104 Å². The lowest BCUT2D eigenvalue weighted by molar-refractivity contribution is -0.136. The quantitative estimate of drug-likeness (QED) is 0.853. The van der Waals surface area contributed by atoms with Crippen molar-refractivity contribution in [3.63, 3.8) is 0 Å². The van der Waals surface area contributed by atoms with Crippen molar-refractivity contribution in [2.75, 3.05) is 0 Å². The van der Waals surface area contributed by atoms with Gasteiger partial charge in [0.25, 0.3) is 0 Å². The summed E-state index contributed by atoms with van der Waals surface area (Å²) < 4.78 is 7.16. The first-order chi connectivity index (χ1) is 8.65. The normalized spacial score (nSPS) is 10.3. The van der Waals surface area contributed by atoms with Gasteiger partial charge >= 0.3 is 5.97 Å². The Hall–Kier alpha value is -2.37. The van der Waals surface area contributed by atoms with Crippen LogP contribution >= 0.6 is 0 Å². The van der Waals surface area contributed by atoms with E-state index in [-0.39, 0.29) is 6.42 Å². The van der Waals surface area contributed by atoms with Crippen LogP contribution < -0.4 is 4.74 Å². The van der Waals surface area contributed by atoms with Crippen molar-refractivity contribution in [3.05, 3.63) is 42.0 Å². The molecule has 1 heterocycles. The zero-order valence-corrected chi connectivity index (χ0v) is 9.91. The molecule has 0 spiro atoms. The molecular weight excluding hydrogens is 234 g/mol.